The van der Waals surface area contributed by atoms with Crippen LogP contribution in [0.1, 0.15) is 19.8 Å². The van der Waals surface area contributed by atoms with Crippen LogP contribution in [0.5, 0.6) is 0 Å². The number of rotatable bonds is 1. The number of aliphatic imine (C=N–C) groups is 1. The third-order valence-corrected chi connectivity index (χ3v) is 1.22. The molecule has 0 aromatic carbocycles. The molecule has 0 spiro atoms. The molecule has 1 fully saturated rings. The van der Waals surface area contributed by atoms with Gasteiger partial charge in [-0.25, -0.2) is 0 Å². The van der Waals surface area contributed by atoms with Gasteiger partial charge in [-0.2, -0.15) is 0 Å². The minimum Gasteiger partial charge on any atom is -0.357 e. The molecule has 1 saturated heterocycles. The van der Waals surface area contributed by atoms with Crippen LogP contribution in [0, 0.1) is 0 Å². The number of hydrogen-bond donors (Lipinski definition) is 0. The lowest BCUT2D eigenvalue weighted by Crippen LogP contribution is -1.98. The summed E-state index contributed by atoms with van der Waals surface area (Å²) in [5.74, 6) is 0. The van der Waals surface area contributed by atoms with Crippen molar-refractivity contribution in [3.63, 3.8) is 0 Å². The summed E-state index contributed by atoms with van der Waals surface area (Å²) in [4.78, 5) is 4.08. The number of hydrogen-bond acceptors (Lipinski definition) is 2. The van der Waals surface area contributed by atoms with Crippen molar-refractivity contribution >= 4 is 6.21 Å². The van der Waals surface area contributed by atoms with Crippen LogP contribution in [-0.2, 0) is 4.74 Å². The van der Waals surface area contributed by atoms with Crippen molar-refractivity contribution in [3.8, 4) is 0 Å². The normalized spacial score (nSPS) is 29.9. The third kappa shape index (κ3) is 1.30. The van der Waals surface area contributed by atoms with Crippen molar-refractivity contribution in [1.82, 2.24) is 0 Å². The molecule has 0 N–H and O–H groups in total. The Morgan fingerprint density at radius 1 is 1.75 bits per heavy atom. The fraction of sp³-hybridized carbons (Fsp3) is 0.833. The van der Waals surface area contributed by atoms with Gasteiger partial charge in [-0.15, -0.1) is 0 Å². The van der Waals surface area contributed by atoms with E-state index >= 15 is 0 Å². The number of ether oxygens (including phenoxy) is 1. The fourth-order valence-electron chi connectivity index (χ4n) is 0.844. The first-order chi connectivity index (χ1) is 3.93. The maximum atomic E-state index is 5.20. The average Bonchev–Trinajstić information content (AvgIpc) is 2.19. The maximum absolute atomic E-state index is 5.20. The summed E-state index contributed by atoms with van der Waals surface area (Å²) in [5.41, 5.74) is 0. The lowest BCUT2D eigenvalue weighted by Gasteiger charge is -1.98. The van der Waals surface area contributed by atoms with Gasteiger partial charge in [0.2, 0.25) is 0 Å². The molecule has 2 nitrogen and oxygen atoms in total. The smallest absolute Gasteiger partial charge is 0.147 e. The van der Waals surface area contributed by atoms with Crippen LogP contribution >= 0.6 is 0 Å². The van der Waals surface area contributed by atoms with Crippen molar-refractivity contribution in [2.24, 2.45) is 4.99 Å². The van der Waals surface area contributed by atoms with E-state index in [1.807, 2.05) is 6.92 Å². The zero-order valence-electron chi connectivity index (χ0n) is 5.13. The second-order valence-electron chi connectivity index (χ2n) is 1.87. The van der Waals surface area contributed by atoms with Crippen molar-refractivity contribution in [2.45, 2.75) is 26.0 Å². The van der Waals surface area contributed by atoms with E-state index in [1.54, 1.807) is 6.21 Å². The Kier molecular flexibility index (Phi) is 2.03. The molecule has 1 atom stereocenters. The zero-order chi connectivity index (χ0) is 5.82. The van der Waals surface area contributed by atoms with Crippen molar-refractivity contribution in [2.75, 3.05) is 6.61 Å². The van der Waals surface area contributed by atoms with Gasteiger partial charge in [-0.05, 0) is 26.0 Å². The van der Waals surface area contributed by atoms with Gasteiger partial charge in [0, 0.05) is 6.61 Å². The molecular formula is C6H11NO. The Balaban J connectivity index is 2.24. The Labute approximate surface area is 49.6 Å². The minimum absolute atomic E-state index is 0.181. The van der Waals surface area contributed by atoms with E-state index in [2.05, 4.69) is 4.99 Å². The topological polar surface area (TPSA) is 21.6 Å². The first kappa shape index (κ1) is 5.76. The summed E-state index contributed by atoms with van der Waals surface area (Å²) in [5, 5.41) is 0. The summed E-state index contributed by atoms with van der Waals surface area (Å²) < 4.78 is 5.20. The Morgan fingerprint density at radius 3 is 3.12 bits per heavy atom. The van der Waals surface area contributed by atoms with Crippen molar-refractivity contribution < 1.29 is 4.74 Å². The second-order valence-corrected chi connectivity index (χ2v) is 1.87. The van der Waals surface area contributed by atoms with Crippen LogP contribution in [0.4, 0.5) is 0 Å². The molecule has 0 radical (unpaired) electrons. The largest absolute Gasteiger partial charge is 0.357 e. The minimum atomic E-state index is 0.181. The predicted octanol–water partition coefficient (Wildman–Crippen LogP) is 1.21. The molecule has 0 aliphatic carbocycles. The highest BCUT2D eigenvalue weighted by Gasteiger charge is 2.11. The summed E-state index contributed by atoms with van der Waals surface area (Å²) >= 11 is 0. The molecule has 0 amide bonds. The van der Waals surface area contributed by atoms with E-state index in [4.69, 9.17) is 4.74 Å². The Bertz CT molecular complexity index is 84.5. The second kappa shape index (κ2) is 2.82. The third-order valence-electron chi connectivity index (χ3n) is 1.22. The van der Waals surface area contributed by atoms with Crippen LogP contribution in [0.25, 0.3) is 0 Å². The first-order valence-electron chi connectivity index (χ1n) is 3.03. The molecule has 2 heteroatoms. The lowest BCUT2D eigenvalue weighted by atomic mass is 10.3. The molecule has 0 bridgehead atoms. The van der Waals surface area contributed by atoms with E-state index in [0.717, 1.165) is 13.0 Å². The molecule has 1 unspecified atom stereocenters. The summed E-state index contributed by atoms with van der Waals surface area (Å²) in [6.07, 6.45) is 4.25. The van der Waals surface area contributed by atoms with Crippen molar-refractivity contribution in [3.05, 3.63) is 0 Å². The monoisotopic (exact) mass is 113 g/mol. The van der Waals surface area contributed by atoms with Gasteiger partial charge in [0.05, 0.1) is 0 Å². The Morgan fingerprint density at radius 2 is 2.62 bits per heavy atom. The maximum Gasteiger partial charge on any atom is 0.147 e. The van der Waals surface area contributed by atoms with Gasteiger partial charge in [0.15, 0.2) is 0 Å². The fourth-order valence-corrected chi connectivity index (χ4v) is 0.844. The molecule has 0 aromatic rings. The predicted molar refractivity (Wildman–Crippen MR) is 33.1 cm³/mol. The highest BCUT2D eigenvalue weighted by molar-refractivity contribution is 5.53. The summed E-state index contributed by atoms with van der Waals surface area (Å²) in [7, 11) is 0. The van der Waals surface area contributed by atoms with Crippen LogP contribution in [0.3, 0.4) is 0 Å². The highest BCUT2D eigenvalue weighted by atomic mass is 16.5. The van der Waals surface area contributed by atoms with Gasteiger partial charge < -0.3 is 4.74 Å². The van der Waals surface area contributed by atoms with E-state index in [9.17, 15) is 0 Å². The van der Waals surface area contributed by atoms with Crippen LogP contribution in [-0.4, -0.2) is 19.0 Å². The molecule has 1 aliphatic rings. The van der Waals surface area contributed by atoms with Gasteiger partial charge >= 0.3 is 0 Å². The van der Waals surface area contributed by atoms with Gasteiger partial charge in [-0.3, -0.25) is 4.99 Å². The first-order valence-corrected chi connectivity index (χ1v) is 3.03. The van der Waals surface area contributed by atoms with Crippen LogP contribution in [0.15, 0.2) is 4.99 Å². The average molecular weight is 113 g/mol. The molecule has 1 aliphatic heterocycles. The summed E-state index contributed by atoms with van der Waals surface area (Å²) in [6.45, 7) is 2.81. The van der Waals surface area contributed by atoms with Crippen LogP contribution in [0.2, 0.25) is 0 Å². The zero-order valence-corrected chi connectivity index (χ0v) is 5.13. The molecule has 8 heavy (non-hydrogen) atoms. The summed E-state index contributed by atoms with van der Waals surface area (Å²) in [6, 6.07) is 0. The lowest BCUT2D eigenvalue weighted by molar-refractivity contribution is 0.118. The SMILES string of the molecule is C/C=N/C1CCCO1. The van der Waals surface area contributed by atoms with E-state index in [-0.39, 0.29) is 6.23 Å². The quantitative estimate of drug-likeness (QED) is 0.468. The molecular weight excluding hydrogens is 102 g/mol. The van der Waals surface area contributed by atoms with Gasteiger partial charge in [0.25, 0.3) is 0 Å². The molecule has 0 aromatic heterocycles. The van der Waals surface area contributed by atoms with E-state index in [1.165, 1.54) is 6.42 Å². The molecule has 0 saturated carbocycles. The molecule has 1 heterocycles. The van der Waals surface area contributed by atoms with Gasteiger partial charge in [-0.1, -0.05) is 0 Å². The molecule has 46 valence electrons. The van der Waals surface area contributed by atoms with E-state index in [0.29, 0.717) is 0 Å². The number of nitrogens with zero attached hydrogens (tertiary/aromatic N) is 1. The standard InChI is InChI=1S/C6H11NO/c1-2-7-6-4-3-5-8-6/h2,6H,3-5H2,1H3/b7-2+. The van der Waals surface area contributed by atoms with E-state index < -0.39 is 0 Å². The Hall–Kier alpha value is -0.370. The highest BCUT2D eigenvalue weighted by Crippen LogP contribution is 2.11. The molecule has 1 rings (SSSR count). The van der Waals surface area contributed by atoms with Gasteiger partial charge in [0.1, 0.15) is 6.23 Å². The van der Waals surface area contributed by atoms with Crippen molar-refractivity contribution in [1.29, 1.82) is 0 Å². The van der Waals surface area contributed by atoms with Crippen LogP contribution < -0.4 is 0 Å².